The van der Waals surface area contributed by atoms with Gasteiger partial charge in [-0.1, -0.05) is 81.4 Å². The summed E-state index contributed by atoms with van der Waals surface area (Å²) in [5.41, 5.74) is 2.32. The molecule has 1 fully saturated rings. The molecule has 1 aromatic carbocycles. The number of sulfonamides is 1. The summed E-state index contributed by atoms with van der Waals surface area (Å²) in [5, 5.41) is 12.2. The summed E-state index contributed by atoms with van der Waals surface area (Å²) in [6.45, 7) is 18.2. The molecule has 4 atom stereocenters. The van der Waals surface area contributed by atoms with Crippen molar-refractivity contribution < 1.29 is 36.3 Å². The van der Waals surface area contributed by atoms with Gasteiger partial charge < -0.3 is 15.3 Å². The summed E-state index contributed by atoms with van der Waals surface area (Å²) in [4.78, 5) is 28.5. The van der Waals surface area contributed by atoms with Crippen LogP contribution in [0.1, 0.15) is 117 Å². The number of carbonyl (C=O) groups excluding carboxylic acids is 2. The molecule has 0 saturated carbocycles. The molecular formula is C31H50F3N3O5S. The van der Waals surface area contributed by atoms with Crippen LogP contribution in [0.3, 0.4) is 0 Å². The average molecular weight is 634 g/mol. The zero-order chi connectivity index (χ0) is 33.2. The second-order valence-electron chi connectivity index (χ2n) is 13.3. The molecule has 8 nitrogen and oxygen atoms in total. The van der Waals surface area contributed by atoms with Crippen LogP contribution in [0.15, 0.2) is 17.0 Å². The van der Waals surface area contributed by atoms with Gasteiger partial charge in [0, 0.05) is 6.54 Å². The largest absolute Gasteiger partial charge is 0.416 e. The summed E-state index contributed by atoms with van der Waals surface area (Å²) in [7, 11) is -4.22. The third-order valence-electron chi connectivity index (χ3n) is 8.10. The van der Waals surface area contributed by atoms with Crippen molar-refractivity contribution in [1.82, 2.24) is 14.9 Å². The van der Waals surface area contributed by atoms with E-state index in [2.05, 4.69) is 10.0 Å². The van der Waals surface area contributed by atoms with Gasteiger partial charge in [-0.05, 0) is 59.1 Å². The van der Waals surface area contributed by atoms with Gasteiger partial charge in [-0.3, -0.25) is 9.59 Å². The molecule has 1 heterocycles. The van der Waals surface area contributed by atoms with E-state index in [0.717, 1.165) is 5.56 Å². The first-order valence-corrected chi connectivity index (χ1v) is 16.7. The summed E-state index contributed by atoms with van der Waals surface area (Å²) in [6.07, 6.45) is -7.09. The van der Waals surface area contributed by atoms with Gasteiger partial charge in [0.2, 0.25) is 21.8 Å². The second-order valence-corrected chi connectivity index (χ2v) is 14.9. The Morgan fingerprint density at radius 1 is 0.907 bits per heavy atom. The van der Waals surface area contributed by atoms with Crippen molar-refractivity contribution in [2.24, 2.45) is 11.8 Å². The lowest BCUT2D eigenvalue weighted by Crippen LogP contribution is -2.59. The van der Waals surface area contributed by atoms with Crippen molar-refractivity contribution in [3.63, 3.8) is 0 Å². The van der Waals surface area contributed by atoms with E-state index in [9.17, 15) is 36.3 Å². The molecule has 2 amide bonds. The third kappa shape index (κ3) is 8.72. The number of likely N-dealkylation sites (tertiary alicyclic amines) is 1. The fraction of sp³-hybridized carbons (Fsp3) is 0.742. The number of carbonyl (C=O) groups is 2. The first-order valence-electron chi connectivity index (χ1n) is 15.2. The third-order valence-corrected chi connectivity index (χ3v) is 9.68. The molecule has 1 aliphatic rings. The lowest BCUT2D eigenvalue weighted by atomic mass is 9.89. The number of amides is 2. The number of rotatable bonds is 12. The van der Waals surface area contributed by atoms with E-state index in [1.807, 2.05) is 53.7 Å². The zero-order valence-corrected chi connectivity index (χ0v) is 27.9. The SMILES string of the molecule is CC(C)c1cc(C(C)C)c(S(=O)(=O)N[C@H](C(=O)N2CCC[C@H]2C(=O)NC(C(C)C)C(O)C(F)(F)F)C(C)C)c(C(C)C)c1. The molecule has 43 heavy (non-hydrogen) atoms. The van der Waals surface area contributed by atoms with Gasteiger partial charge in [0.1, 0.15) is 12.1 Å². The maximum absolute atomic E-state index is 14.1. The molecule has 0 radical (unpaired) electrons. The van der Waals surface area contributed by atoms with Crippen LogP contribution in [-0.4, -0.2) is 67.2 Å². The Morgan fingerprint density at radius 3 is 1.81 bits per heavy atom. The number of halogens is 3. The molecule has 3 N–H and O–H groups in total. The number of alkyl halides is 3. The van der Waals surface area contributed by atoms with Crippen LogP contribution in [0.5, 0.6) is 0 Å². The van der Waals surface area contributed by atoms with Crippen LogP contribution in [0.2, 0.25) is 0 Å². The minimum absolute atomic E-state index is 0.122. The first kappa shape index (κ1) is 37.0. The molecule has 2 unspecified atom stereocenters. The predicted molar refractivity (Wildman–Crippen MR) is 161 cm³/mol. The fourth-order valence-corrected chi connectivity index (χ4v) is 7.49. The molecule has 0 aromatic heterocycles. The second kappa shape index (κ2) is 14.3. The summed E-state index contributed by atoms with van der Waals surface area (Å²) in [5.74, 6) is -2.74. The van der Waals surface area contributed by atoms with Gasteiger partial charge in [-0.25, -0.2) is 8.42 Å². The highest BCUT2D eigenvalue weighted by molar-refractivity contribution is 7.89. The van der Waals surface area contributed by atoms with Crippen LogP contribution >= 0.6 is 0 Å². The van der Waals surface area contributed by atoms with Crippen LogP contribution in [0, 0.1) is 11.8 Å². The number of hydrogen-bond acceptors (Lipinski definition) is 5. The van der Waals surface area contributed by atoms with Crippen molar-refractivity contribution in [2.75, 3.05) is 6.54 Å². The molecule has 12 heteroatoms. The lowest BCUT2D eigenvalue weighted by Gasteiger charge is -2.33. The number of nitrogens with zero attached hydrogens (tertiary/aromatic N) is 1. The van der Waals surface area contributed by atoms with E-state index in [0.29, 0.717) is 17.5 Å². The molecular weight excluding hydrogens is 583 g/mol. The van der Waals surface area contributed by atoms with Gasteiger partial charge in [0.05, 0.1) is 10.9 Å². The highest BCUT2D eigenvalue weighted by Crippen LogP contribution is 2.35. The Hall–Kier alpha value is -2.18. The first-order chi connectivity index (χ1) is 19.6. The van der Waals surface area contributed by atoms with Crippen molar-refractivity contribution in [3.05, 3.63) is 28.8 Å². The maximum atomic E-state index is 14.1. The Morgan fingerprint density at radius 2 is 1.42 bits per heavy atom. The van der Waals surface area contributed by atoms with Crippen LogP contribution in [0.25, 0.3) is 0 Å². The molecule has 0 bridgehead atoms. The van der Waals surface area contributed by atoms with Gasteiger partial charge in [0.25, 0.3) is 0 Å². The van der Waals surface area contributed by atoms with Crippen LogP contribution in [0.4, 0.5) is 13.2 Å². The van der Waals surface area contributed by atoms with Crippen LogP contribution < -0.4 is 10.0 Å². The summed E-state index contributed by atoms with van der Waals surface area (Å²) >= 11 is 0. The highest BCUT2D eigenvalue weighted by Gasteiger charge is 2.47. The van der Waals surface area contributed by atoms with E-state index < -0.39 is 64.1 Å². The van der Waals surface area contributed by atoms with Gasteiger partial charge in [-0.2, -0.15) is 17.9 Å². The molecule has 1 saturated heterocycles. The number of nitrogens with one attached hydrogen (secondary N) is 2. The Labute approximate surface area is 255 Å². The average Bonchev–Trinajstić information content (AvgIpc) is 3.38. The molecule has 1 aliphatic heterocycles. The summed E-state index contributed by atoms with van der Waals surface area (Å²) < 4.78 is 70.7. The standard InChI is InChI=1S/C31H50F3N3O5S/c1-16(2)21-14-22(17(3)4)27(23(15-21)18(5)6)43(41,42)36-26(20(9)10)30(40)37-13-11-12-24(37)29(39)35-25(19(7)8)28(38)31(32,33)34/h14-20,24-26,28,36,38H,11-13H2,1-10H3,(H,35,39)/t24-,25?,26-,28?/m0/s1. The fourth-order valence-electron chi connectivity index (χ4n) is 5.45. The van der Waals surface area contributed by atoms with Crippen molar-refractivity contribution in [3.8, 4) is 0 Å². The normalized spacial score (nSPS) is 18.7. The summed E-state index contributed by atoms with van der Waals surface area (Å²) in [6, 6.07) is -0.109. The van der Waals surface area contributed by atoms with E-state index in [4.69, 9.17) is 0 Å². The molecule has 2 rings (SSSR count). The van der Waals surface area contributed by atoms with E-state index in [1.54, 1.807) is 13.8 Å². The monoisotopic (exact) mass is 633 g/mol. The van der Waals surface area contributed by atoms with E-state index in [-0.39, 0.29) is 35.6 Å². The van der Waals surface area contributed by atoms with E-state index in [1.165, 1.54) is 18.7 Å². The van der Waals surface area contributed by atoms with Crippen LogP contribution in [-0.2, 0) is 19.6 Å². The molecule has 246 valence electrons. The number of hydrogen-bond donors (Lipinski definition) is 3. The highest BCUT2D eigenvalue weighted by atomic mass is 32.2. The predicted octanol–water partition coefficient (Wildman–Crippen LogP) is 5.41. The van der Waals surface area contributed by atoms with Crippen molar-refractivity contribution in [2.45, 2.75) is 135 Å². The number of aliphatic hydroxyl groups is 1. The smallest absolute Gasteiger partial charge is 0.382 e. The minimum Gasteiger partial charge on any atom is -0.382 e. The quantitative estimate of drug-likeness (QED) is 0.285. The van der Waals surface area contributed by atoms with Gasteiger partial charge in [0.15, 0.2) is 6.10 Å². The number of aliphatic hydroxyl groups excluding tert-OH is 1. The zero-order valence-electron chi connectivity index (χ0n) is 27.0. The van der Waals surface area contributed by atoms with Gasteiger partial charge >= 0.3 is 6.18 Å². The van der Waals surface area contributed by atoms with E-state index >= 15 is 0 Å². The molecule has 1 aromatic rings. The minimum atomic E-state index is -4.94. The topological polar surface area (TPSA) is 116 Å². The molecule has 0 aliphatic carbocycles. The van der Waals surface area contributed by atoms with Gasteiger partial charge in [-0.15, -0.1) is 0 Å². The Balaban J connectivity index is 2.47. The maximum Gasteiger partial charge on any atom is 0.416 e. The number of benzene rings is 1. The van der Waals surface area contributed by atoms with Crippen molar-refractivity contribution >= 4 is 21.8 Å². The Bertz CT molecular complexity index is 1220. The lowest BCUT2D eigenvalue weighted by molar-refractivity contribution is -0.215. The van der Waals surface area contributed by atoms with Crippen molar-refractivity contribution in [1.29, 1.82) is 0 Å². The molecule has 0 spiro atoms. The Kier molecular flexibility index (Phi) is 12.3.